The normalized spacial score (nSPS) is 14.4. The molecule has 0 saturated heterocycles. The van der Waals surface area contributed by atoms with Crippen LogP contribution in [0.3, 0.4) is 0 Å². The van der Waals surface area contributed by atoms with E-state index in [4.69, 9.17) is 8.83 Å². The fourth-order valence-corrected chi connectivity index (χ4v) is 12.7. The lowest BCUT2D eigenvalue weighted by atomic mass is 9.70. The van der Waals surface area contributed by atoms with Gasteiger partial charge in [0.25, 0.3) is 0 Å². The predicted molar refractivity (Wildman–Crippen MR) is 275 cm³/mol. The van der Waals surface area contributed by atoms with E-state index in [9.17, 15) is 0 Å². The molecule has 1 spiro atoms. The van der Waals surface area contributed by atoms with Crippen LogP contribution in [0.15, 0.2) is 221 Å². The Morgan fingerprint density at radius 2 is 0.776 bits per heavy atom. The van der Waals surface area contributed by atoms with Crippen molar-refractivity contribution in [3.05, 3.63) is 246 Å². The second-order valence-corrected chi connectivity index (χ2v) is 19.1. The Balaban J connectivity index is 1.01. The molecule has 2 heterocycles. The first-order valence-electron chi connectivity index (χ1n) is 23.3. The van der Waals surface area contributed by atoms with Crippen LogP contribution >= 0.6 is 0 Å². The summed E-state index contributed by atoms with van der Waals surface area (Å²) >= 11 is 0. The van der Waals surface area contributed by atoms with Crippen molar-refractivity contribution >= 4 is 60.9 Å². The Morgan fingerprint density at radius 3 is 1.39 bits per heavy atom. The molecule has 0 saturated carbocycles. The highest BCUT2D eigenvalue weighted by atomic mass is 16.3. The first-order valence-corrected chi connectivity index (χ1v) is 23.3. The van der Waals surface area contributed by atoms with Crippen LogP contribution in [0.1, 0.15) is 47.2 Å². The summed E-state index contributed by atoms with van der Waals surface area (Å²) in [6, 6.07) is 78.2. The fraction of sp³-hybridized carbons (Fsp3) is 0.0625. The van der Waals surface area contributed by atoms with Gasteiger partial charge >= 0.3 is 0 Å². The Hall–Kier alpha value is -8.40. The smallest absolute Gasteiger partial charge is 0.137 e. The Bertz CT molecular complexity index is 4030. The average Bonchev–Trinajstić information content (AvgIpc) is 4.15. The van der Waals surface area contributed by atoms with E-state index in [1.807, 2.05) is 0 Å². The van der Waals surface area contributed by atoms with Gasteiger partial charge in [0.1, 0.15) is 22.3 Å². The topological polar surface area (TPSA) is 29.5 Å². The van der Waals surface area contributed by atoms with Crippen molar-refractivity contribution in [3.63, 3.8) is 0 Å². The molecule has 12 aromatic rings. The van der Waals surface area contributed by atoms with E-state index >= 15 is 0 Å². The van der Waals surface area contributed by atoms with E-state index in [2.05, 4.69) is 231 Å². The van der Waals surface area contributed by atoms with Gasteiger partial charge in [0.15, 0.2) is 0 Å². The maximum absolute atomic E-state index is 6.94. The lowest BCUT2D eigenvalue weighted by molar-refractivity contribution is 0.660. The van der Waals surface area contributed by atoms with Gasteiger partial charge in [-0.1, -0.05) is 172 Å². The number of fused-ring (bicyclic) bond motifs is 19. The molecule has 3 aliphatic rings. The Morgan fingerprint density at radius 1 is 0.328 bits per heavy atom. The van der Waals surface area contributed by atoms with E-state index in [-0.39, 0.29) is 5.41 Å². The number of furan rings is 2. The molecule has 314 valence electrons. The maximum Gasteiger partial charge on any atom is 0.137 e. The lowest BCUT2D eigenvalue weighted by Gasteiger charge is -2.32. The number of anilines is 3. The highest BCUT2D eigenvalue weighted by Crippen LogP contribution is 2.63. The summed E-state index contributed by atoms with van der Waals surface area (Å²) in [4.78, 5) is 2.48. The molecule has 3 heteroatoms. The first-order chi connectivity index (χ1) is 33.0. The molecule has 3 aliphatic carbocycles. The van der Waals surface area contributed by atoms with Gasteiger partial charge in [-0.3, -0.25) is 0 Å². The maximum atomic E-state index is 6.94. The van der Waals surface area contributed by atoms with Gasteiger partial charge in [-0.2, -0.15) is 0 Å². The molecule has 3 nitrogen and oxygen atoms in total. The van der Waals surface area contributed by atoms with Gasteiger partial charge in [0.2, 0.25) is 0 Å². The van der Waals surface area contributed by atoms with E-state index in [1.165, 1.54) is 66.8 Å². The van der Waals surface area contributed by atoms with Crippen molar-refractivity contribution in [1.82, 2.24) is 0 Å². The molecule has 15 rings (SSSR count). The summed E-state index contributed by atoms with van der Waals surface area (Å²) < 4.78 is 13.7. The van der Waals surface area contributed by atoms with Gasteiger partial charge in [0.05, 0.1) is 16.5 Å². The van der Waals surface area contributed by atoms with Crippen molar-refractivity contribution in [3.8, 4) is 44.5 Å². The Labute approximate surface area is 387 Å². The second kappa shape index (κ2) is 13.1. The summed E-state index contributed by atoms with van der Waals surface area (Å²) in [5.41, 5.74) is 23.9. The molecular weight excluding hydrogens is 815 g/mol. The van der Waals surface area contributed by atoms with Crippen LogP contribution < -0.4 is 4.90 Å². The molecule has 0 unspecified atom stereocenters. The molecular formula is C64H41NO2. The molecule has 2 aromatic heterocycles. The van der Waals surface area contributed by atoms with Crippen molar-refractivity contribution in [1.29, 1.82) is 0 Å². The molecule has 0 aliphatic heterocycles. The van der Waals surface area contributed by atoms with E-state index in [0.717, 1.165) is 72.1 Å². The lowest BCUT2D eigenvalue weighted by Crippen LogP contribution is -2.26. The van der Waals surface area contributed by atoms with Crippen molar-refractivity contribution in [2.75, 3.05) is 4.90 Å². The molecule has 0 fully saturated rings. The number of rotatable bonds is 4. The van der Waals surface area contributed by atoms with Crippen LogP contribution in [0, 0.1) is 0 Å². The number of hydrogen-bond donors (Lipinski definition) is 0. The summed E-state index contributed by atoms with van der Waals surface area (Å²) in [6.07, 6.45) is 0. The highest BCUT2D eigenvalue weighted by molar-refractivity contribution is 6.21. The van der Waals surface area contributed by atoms with Crippen LogP contribution in [0.25, 0.3) is 88.4 Å². The third-order valence-corrected chi connectivity index (χ3v) is 15.5. The van der Waals surface area contributed by atoms with Gasteiger partial charge in [-0.15, -0.1) is 0 Å². The van der Waals surface area contributed by atoms with Crippen LogP contribution in [0.4, 0.5) is 17.1 Å². The predicted octanol–water partition coefficient (Wildman–Crippen LogP) is 17.3. The minimum absolute atomic E-state index is 0.186. The monoisotopic (exact) mass is 855 g/mol. The van der Waals surface area contributed by atoms with Crippen molar-refractivity contribution in [2.45, 2.75) is 24.7 Å². The zero-order valence-electron chi connectivity index (χ0n) is 37.0. The summed E-state index contributed by atoms with van der Waals surface area (Å²) in [5, 5.41) is 4.19. The standard InChI is InChI=1S/C64H41NO2/c1-63(2)50-23-10-6-18-42(50)46-32-30-39(34-54(46)63)65(40-31-33-47-45-21-9-13-26-53(45)64(55(47)35-40)51-24-11-7-19-43(51)44-20-8-12-25-52(44)64)56-27-15-29-58-62(56)49-37-59-48(36-60(49)67-58)61-41(22-14-28-57(61)66-59)38-16-4-3-5-17-38/h3-37H,1-2H3. The van der Waals surface area contributed by atoms with Gasteiger partial charge < -0.3 is 13.7 Å². The summed E-state index contributed by atoms with van der Waals surface area (Å²) in [5.74, 6) is 0. The van der Waals surface area contributed by atoms with Crippen LogP contribution in [-0.4, -0.2) is 0 Å². The molecule has 0 atom stereocenters. The minimum atomic E-state index is -0.484. The highest BCUT2D eigenvalue weighted by Gasteiger charge is 2.51. The number of hydrogen-bond acceptors (Lipinski definition) is 3. The van der Waals surface area contributed by atoms with E-state index < -0.39 is 5.41 Å². The largest absolute Gasteiger partial charge is 0.456 e. The van der Waals surface area contributed by atoms with E-state index in [0.29, 0.717) is 0 Å². The average molecular weight is 856 g/mol. The summed E-state index contributed by atoms with van der Waals surface area (Å²) in [6.45, 7) is 4.73. The molecule has 10 aromatic carbocycles. The summed E-state index contributed by atoms with van der Waals surface area (Å²) in [7, 11) is 0. The zero-order chi connectivity index (χ0) is 44.2. The third-order valence-electron chi connectivity index (χ3n) is 15.5. The van der Waals surface area contributed by atoms with Crippen LogP contribution in [0.2, 0.25) is 0 Å². The molecule has 0 amide bonds. The quantitative estimate of drug-likeness (QED) is 0.177. The first kappa shape index (κ1) is 36.9. The van der Waals surface area contributed by atoms with E-state index in [1.54, 1.807) is 0 Å². The van der Waals surface area contributed by atoms with Gasteiger partial charge in [-0.25, -0.2) is 0 Å². The molecule has 67 heavy (non-hydrogen) atoms. The van der Waals surface area contributed by atoms with Crippen LogP contribution in [0.5, 0.6) is 0 Å². The zero-order valence-corrected chi connectivity index (χ0v) is 37.0. The molecule has 0 N–H and O–H groups in total. The number of benzene rings is 10. The molecule has 0 radical (unpaired) electrons. The van der Waals surface area contributed by atoms with Gasteiger partial charge in [-0.05, 0) is 132 Å². The molecule has 0 bridgehead atoms. The Kier molecular flexibility index (Phi) is 7.22. The second-order valence-electron chi connectivity index (χ2n) is 19.1. The number of nitrogens with zero attached hydrogens (tertiary/aromatic N) is 1. The van der Waals surface area contributed by atoms with Crippen molar-refractivity contribution < 1.29 is 8.83 Å². The SMILES string of the molecule is CC1(C)c2ccccc2-c2ccc(N(c3ccc4c(c3)C3(c5ccccc5-c5ccccc53)c3ccccc3-4)c3cccc4oc5cc6c(cc5c34)oc3cccc(-c4ccccc4)c36)cc21. The third kappa shape index (κ3) is 4.75. The minimum Gasteiger partial charge on any atom is -0.456 e. The fourth-order valence-electron chi connectivity index (χ4n) is 12.7. The van der Waals surface area contributed by atoms with Crippen LogP contribution in [-0.2, 0) is 10.8 Å². The van der Waals surface area contributed by atoms with Crippen molar-refractivity contribution in [2.24, 2.45) is 0 Å². The van der Waals surface area contributed by atoms with Gasteiger partial charge in [0, 0.05) is 32.9 Å².